The summed E-state index contributed by atoms with van der Waals surface area (Å²) in [6.07, 6.45) is -2.80. The van der Waals surface area contributed by atoms with Crippen LogP contribution in [0, 0.1) is 0 Å². The molecule has 0 saturated heterocycles. The Morgan fingerprint density at radius 1 is 0.955 bits per heavy atom. The molecule has 3 atom stereocenters. The first-order valence-corrected chi connectivity index (χ1v) is 15.8. The zero-order valence-corrected chi connectivity index (χ0v) is 25.9. The quantitative estimate of drug-likeness (QED) is 0.187. The summed E-state index contributed by atoms with van der Waals surface area (Å²) in [4.78, 5) is 25.8. The van der Waals surface area contributed by atoms with Gasteiger partial charge in [0.15, 0.2) is 0 Å². The Morgan fingerprint density at radius 3 is 1.98 bits per heavy atom. The molecular weight excluding hydrogens is 587 g/mol. The first-order valence-electron chi connectivity index (χ1n) is 14.4. The Labute approximate surface area is 258 Å². The second-order valence-corrected chi connectivity index (χ2v) is 12.5. The Morgan fingerprint density at radius 2 is 1.50 bits per heavy atom. The first-order chi connectivity index (χ1) is 21.0. The number of alkyl carbamates (subject to hydrolysis) is 1. The molecule has 44 heavy (non-hydrogen) atoms. The highest BCUT2D eigenvalue weighted by Gasteiger charge is 2.36. The van der Waals surface area contributed by atoms with Crippen molar-refractivity contribution in [2.75, 3.05) is 26.0 Å². The molecule has 3 aromatic rings. The Balaban J connectivity index is 1.74. The van der Waals surface area contributed by atoms with E-state index >= 15 is 4.39 Å². The molecule has 3 rings (SSSR count). The fraction of sp³-hybridized carbons (Fsp3) is 0.375. The lowest BCUT2D eigenvalue weighted by atomic mass is 9.84. The molecule has 0 aliphatic carbocycles. The van der Waals surface area contributed by atoms with Crippen LogP contribution in [0.15, 0.2) is 89.8 Å². The average molecular weight is 629 g/mol. The normalized spacial score (nSPS) is 13.8. The smallest absolute Gasteiger partial charge is 0.407 e. The molecule has 0 saturated carbocycles. The van der Waals surface area contributed by atoms with E-state index in [9.17, 15) is 23.1 Å². The summed E-state index contributed by atoms with van der Waals surface area (Å²) in [6, 6.07) is 21.4. The lowest BCUT2D eigenvalue weighted by Gasteiger charge is -2.33. The summed E-state index contributed by atoms with van der Waals surface area (Å²) >= 11 is 0. The van der Waals surface area contributed by atoms with Gasteiger partial charge >= 0.3 is 6.09 Å². The number of aliphatic hydroxyl groups is 1. The van der Waals surface area contributed by atoms with Crippen molar-refractivity contribution in [3.8, 4) is 0 Å². The van der Waals surface area contributed by atoms with Crippen molar-refractivity contribution in [2.45, 2.75) is 61.8 Å². The van der Waals surface area contributed by atoms with Gasteiger partial charge in [-0.3, -0.25) is 4.79 Å². The molecule has 0 aliphatic heterocycles. The third-order valence-electron chi connectivity index (χ3n) is 7.21. The number of aliphatic hydroxyl groups excluding tert-OH is 1. The van der Waals surface area contributed by atoms with Gasteiger partial charge in [0.05, 0.1) is 24.7 Å². The predicted molar refractivity (Wildman–Crippen MR) is 167 cm³/mol. The van der Waals surface area contributed by atoms with E-state index in [4.69, 9.17) is 10.5 Å². The molecule has 5 N–H and O–H groups in total. The van der Waals surface area contributed by atoms with Crippen LogP contribution in [0.5, 0.6) is 0 Å². The van der Waals surface area contributed by atoms with Crippen molar-refractivity contribution < 1.29 is 32.2 Å². The Bertz CT molecular complexity index is 1400. The number of ether oxygens (including phenoxy) is 1. The number of sulfonamides is 1. The van der Waals surface area contributed by atoms with E-state index < -0.39 is 58.8 Å². The van der Waals surface area contributed by atoms with Crippen molar-refractivity contribution in [1.82, 2.24) is 14.9 Å². The van der Waals surface area contributed by atoms with E-state index in [1.807, 2.05) is 60.7 Å². The van der Waals surface area contributed by atoms with Gasteiger partial charge in [0.1, 0.15) is 12.2 Å². The van der Waals surface area contributed by atoms with Crippen molar-refractivity contribution in [3.05, 3.63) is 96.1 Å². The predicted octanol–water partition coefficient (Wildman–Crippen LogP) is 3.82. The number of nitrogen functional groups attached to an aromatic ring is 1. The van der Waals surface area contributed by atoms with Gasteiger partial charge < -0.3 is 26.2 Å². The number of nitrogens with one attached hydrogen (secondary N) is 2. The van der Waals surface area contributed by atoms with E-state index in [0.29, 0.717) is 5.69 Å². The molecule has 2 amide bonds. The second-order valence-electron chi connectivity index (χ2n) is 10.7. The van der Waals surface area contributed by atoms with Crippen molar-refractivity contribution in [3.63, 3.8) is 0 Å². The molecule has 0 bridgehead atoms. The number of hydrogen-bond acceptors (Lipinski definition) is 7. The number of amides is 2. The number of nitrogens with zero attached hydrogens (tertiary/aromatic N) is 1. The van der Waals surface area contributed by atoms with Crippen LogP contribution in [0.25, 0.3) is 0 Å². The topological polar surface area (TPSA) is 151 Å². The molecule has 10 nitrogen and oxygen atoms in total. The highest BCUT2D eigenvalue weighted by Crippen LogP contribution is 2.29. The fourth-order valence-corrected chi connectivity index (χ4v) is 7.00. The zero-order valence-electron chi connectivity index (χ0n) is 25.1. The standard InChI is InChI=1S/C32H41FN4O6S/c1-22(2)37(44(41,42)28-16-14-26(34)15-17-28)27(21-38)20-25(33)18-19-35-31(39)30(36-32(40)43-3)29(23-10-6-4-7-11-23)24-12-8-5-9-13-24/h4-17,22,25,27,29-30,38H,18-21,34H2,1-3H3,(H,35,39)(H,36,40)/t25?,27?,30-/m0/s1. The van der Waals surface area contributed by atoms with Gasteiger partial charge in [-0.1, -0.05) is 60.7 Å². The van der Waals surface area contributed by atoms with Crippen LogP contribution in [0.1, 0.15) is 43.7 Å². The molecule has 0 aliphatic rings. The van der Waals surface area contributed by atoms with Gasteiger partial charge in [-0.25, -0.2) is 17.6 Å². The van der Waals surface area contributed by atoms with Gasteiger partial charge in [0.25, 0.3) is 0 Å². The van der Waals surface area contributed by atoms with Crippen molar-refractivity contribution >= 4 is 27.7 Å². The molecule has 0 heterocycles. The third-order valence-corrected chi connectivity index (χ3v) is 9.35. The molecular formula is C32H41FN4O6S. The zero-order chi connectivity index (χ0) is 32.3. The number of rotatable bonds is 15. The lowest BCUT2D eigenvalue weighted by Crippen LogP contribution is -2.51. The number of halogens is 1. The fourth-order valence-electron chi connectivity index (χ4n) is 5.18. The molecule has 0 fully saturated rings. The van der Waals surface area contributed by atoms with Gasteiger partial charge in [0.2, 0.25) is 15.9 Å². The lowest BCUT2D eigenvalue weighted by molar-refractivity contribution is -0.123. The Hall–Kier alpha value is -4.00. The summed E-state index contributed by atoms with van der Waals surface area (Å²) in [5.74, 6) is -1.12. The van der Waals surface area contributed by atoms with Crippen LogP contribution < -0.4 is 16.4 Å². The number of carbonyl (C=O) groups excluding carboxylic acids is 2. The maximum atomic E-state index is 15.3. The van der Waals surface area contributed by atoms with E-state index in [1.54, 1.807) is 13.8 Å². The average Bonchev–Trinajstić information content (AvgIpc) is 3.01. The number of anilines is 1. The van der Waals surface area contributed by atoms with Gasteiger partial charge in [-0.15, -0.1) is 0 Å². The minimum Gasteiger partial charge on any atom is -0.453 e. The van der Waals surface area contributed by atoms with E-state index in [2.05, 4.69) is 10.6 Å². The number of nitrogens with two attached hydrogens (primary N) is 1. The van der Waals surface area contributed by atoms with E-state index in [1.165, 1.54) is 31.4 Å². The number of hydrogen-bond donors (Lipinski definition) is 4. The minimum absolute atomic E-state index is 0.0166. The maximum Gasteiger partial charge on any atom is 0.407 e. The number of methoxy groups -OCH3 is 1. The van der Waals surface area contributed by atoms with Crippen LogP contribution in [0.3, 0.4) is 0 Å². The third kappa shape index (κ3) is 9.01. The van der Waals surface area contributed by atoms with Gasteiger partial charge in [-0.05, 0) is 62.1 Å². The molecule has 0 spiro atoms. The van der Waals surface area contributed by atoms with Gasteiger partial charge in [-0.2, -0.15) is 4.31 Å². The minimum atomic E-state index is -4.07. The number of benzene rings is 3. The Kier molecular flexibility index (Phi) is 12.7. The van der Waals surface area contributed by atoms with Crippen molar-refractivity contribution in [1.29, 1.82) is 0 Å². The summed E-state index contributed by atoms with van der Waals surface area (Å²) in [5, 5.41) is 15.4. The van der Waals surface area contributed by atoms with Crippen LogP contribution in [-0.2, 0) is 19.6 Å². The van der Waals surface area contributed by atoms with Crippen LogP contribution >= 0.6 is 0 Å². The highest BCUT2D eigenvalue weighted by molar-refractivity contribution is 7.89. The molecule has 12 heteroatoms. The maximum absolute atomic E-state index is 15.3. The van der Waals surface area contributed by atoms with Gasteiger partial charge in [0, 0.05) is 24.2 Å². The SMILES string of the molecule is COC(=O)N[C@H](C(=O)NCCC(F)CC(CO)N(C(C)C)S(=O)(=O)c1ccc(N)cc1)C(c1ccccc1)c1ccccc1. The van der Waals surface area contributed by atoms with Crippen molar-refractivity contribution in [2.24, 2.45) is 0 Å². The van der Waals surface area contributed by atoms with E-state index in [-0.39, 0.29) is 24.3 Å². The summed E-state index contributed by atoms with van der Waals surface area (Å²) in [6.45, 7) is 2.60. The second kappa shape index (κ2) is 16.2. The number of alkyl halides is 1. The molecule has 0 radical (unpaired) electrons. The highest BCUT2D eigenvalue weighted by atomic mass is 32.2. The molecule has 2 unspecified atom stereocenters. The monoisotopic (exact) mass is 628 g/mol. The van der Waals surface area contributed by atoms with Crippen LogP contribution in [0.2, 0.25) is 0 Å². The summed E-state index contributed by atoms with van der Waals surface area (Å²) < 4.78 is 48.0. The summed E-state index contributed by atoms with van der Waals surface area (Å²) in [7, 11) is -2.87. The van der Waals surface area contributed by atoms with Crippen LogP contribution in [0.4, 0.5) is 14.9 Å². The molecule has 0 aromatic heterocycles. The first kappa shape index (κ1) is 34.5. The molecule has 238 valence electrons. The number of carbonyl (C=O) groups is 2. The summed E-state index contributed by atoms with van der Waals surface area (Å²) in [5.41, 5.74) is 7.65. The molecule has 3 aromatic carbocycles. The van der Waals surface area contributed by atoms with Crippen LogP contribution in [-0.4, -0.2) is 74.4 Å². The van der Waals surface area contributed by atoms with E-state index in [0.717, 1.165) is 15.4 Å². The largest absolute Gasteiger partial charge is 0.453 e.